The molecule has 4 aromatic carbocycles. The van der Waals surface area contributed by atoms with Crippen molar-refractivity contribution in [2.75, 3.05) is 0 Å². The second-order valence-electron chi connectivity index (χ2n) is 16.2. The van der Waals surface area contributed by atoms with Crippen molar-refractivity contribution in [1.29, 1.82) is 0 Å². The Balaban J connectivity index is 0.000000251. The molecule has 0 N–H and O–H groups in total. The molecule has 3 heterocycles. The summed E-state index contributed by atoms with van der Waals surface area (Å²) in [7, 11) is -2.66. The van der Waals surface area contributed by atoms with Crippen LogP contribution in [0, 0.1) is 24.4 Å². The number of aromatic nitrogens is 2. The molecule has 0 atom stereocenters. The summed E-state index contributed by atoms with van der Waals surface area (Å²) in [5, 5.41) is 5.20. The van der Waals surface area contributed by atoms with E-state index >= 15 is 0 Å². The molecule has 7 rings (SSSR count). The Morgan fingerprint density at radius 3 is 2.06 bits per heavy atom. The number of fused-ring (bicyclic) bond motifs is 3. The minimum Gasteiger partial charge on any atom is -0.305 e. The Morgan fingerprint density at radius 2 is 1.44 bits per heavy atom. The molecule has 0 fully saturated rings. The average Bonchev–Trinajstić information content (AvgIpc) is 3.52. The third kappa shape index (κ3) is 9.52. The van der Waals surface area contributed by atoms with Crippen molar-refractivity contribution in [1.82, 2.24) is 9.97 Å². The van der Waals surface area contributed by atoms with Crippen molar-refractivity contribution < 1.29 is 27.0 Å². The van der Waals surface area contributed by atoms with E-state index in [0.717, 1.165) is 27.2 Å². The van der Waals surface area contributed by atoms with E-state index in [-0.39, 0.29) is 20.1 Å². The number of thiophene rings is 1. The summed E-state index contributed by atoms with van der Waals surface area (Å²) in [6, 6.07) is 39.0. The van der Waals surface area contributed by atoms with E-state index in [1.807, 2.05) is 45.2 Å². The van der Waals surface area contributed by atoms with Gasteiger partial charge in [0.15, 0.2) is 0 Å². The van der Waals surface area contributed by atoms with Crippen LogP contribution in [0.2, 0.25) is 39.3 Å². The van der Waals surface area contributed by atoms with Crippen molar-refractivity contribution >= 4 is 58.0 Å². The van der Waals surface area contributed by atoms with Crippen LogP contribution < -0.4 is 10.4 Å². The Morgan fingerprint density at radius 1 is 0.731 bits per heavy atom. The molecule has 0 spiro atoms. The predicted molar refractivity (Wildman–Crippen MR) is 229 cm³/mol. The molecule has 6 heteroatoms. The molecule has 7 aromatic rings. The number of benzene rings is 4. The fraction of sp³-hybridized carbons (Fsp3) is 0.261. The summed E-state index contributed by atoms with van der Waals surface area (Å²) in [5.41, 5.74) is 6.23. The molecule has 0 unspecified atom stereocenters. The SMILES string of the molecule is [2H]C([2H])([2H])c1c[c-]c(-c2ccc([Si](C)(C)C)cn2)cc1.[2H]C([2H])(c1ccnc(-c2[c-]ccc3c2sc2cc(-c4ccc([Si](C)(C)C)cc4)ccc23)c1)C(C)(C)C.[Ir]. The molecule has 0 bridgehead atoms. The smallest absolute Gasteiger partial charge is 0.0795 e. The first-order chi connectivity index (χ1) is 26.0. The summed E-state index contributed by atoms with van der Waals surface area (Å²) in [6.45, 7) is 17.7. The van der Waals surface area contributed by atoms with E-state index in [2.05, 4.69) is 116 Å². The number of aryl methyl sites for hydroxylation is 1. The first-order valence-electron chi connectivity index (χ1n) is 20.0. The average molecular weight is 916 g/mol. The number of rotatable bonds is 6. The van der Waals surface area contributed by atoms with Gasteiger partial charge in [-0.15, -0.1) is 59.2 Å². The molecular formula is C46H50IrN2SSi2-2. The Kier molecular flexibility index (Phi) is 10.1. The quantitative estimate of drug-likeness (QED) is 0.123. The van der Waals surface area contributed by atoms with Crippen LogP contribution in [0.15, 0.2) is 109 Å². The summed E-state index contributed by atoms with van der Waals surface area (Å²) in [4.78, 5) is 9.10. The van der Waals surface area contributed by atoms with Crippen molar-refractivity contribution in [2.45, 2.75) is 73.3 Å². The van der Waals surface area contributed by atoms with E-state index in [1.54, 1.807) is 35.7 Å². The minimum atomic E-state index is -2.08. The molecule has 0 aliphatic heterocycles. The van der Waals surface area contributed by atoms with Gasteiger partial charge in [-0.25, -0.2) is 0 Å². The molecule has 0 aliphatic rings. The monoisotopic (exact) mass is 916 g/mol. The zero-order chi connectivity index (χ0) is 40.8. The van der Waals surface area contributed by atoms with Crippen LogP contribution in [0.1, 0.15) is 38.8 Å². The van der Waals surface area contributed by atoms with Gasteiger partial charge in [-0.05, 0) is 61.7 Å². The van der Waals surface area contributed by atoms with Crippen LogP contribution in [-0.2, 0) is 26.5 Å². The molecule has 52 heavy (non-hydrogen) atoms. The number of nitrogens with zero attached hydrogens (tertiary/aromatic N) is 2. The van der Waals surface area contributed by atoms with Crippen LogP contribution in [-0.4, -0.2) is 26.1 Å². The number of hydrogen-bond acceptors (Lipinski definition) is 3. The second-order valence-corrected chi connectivity index (χ2v) is 27.4. The third-order valence-electron chi connectivity index (χ3n) is 8.77. The molecule has 0 saturated heterocycles. The molecule has 0 amide bonds. The van der Waals surface area contributed by atoms with E-state index in [0.29, 0.717) is 11.1 Å². The van der Waals surface area contributed by atoms with E-state index in [9.17, 15) is 0 Å². The minimum absolute atomic E-state index is 0. The van der Waals surface area contributed by atoms with Crippen LogP contribution in [0.5, 0.6) is 0 Å². The van der Waals surface area contributed by atoms with Crippen molar-refractivity contribution in [3.05, 3.63) is 133 Å². The van der Waals surface area contributed by atoms with Crippen molar-refractivity contribution in [2.24, 2.45) is 5.41 Å². The second kappa shape index (κ2) is 15.8. The van der Waals surface area contributed by atoms with Crippen LogP contribution in [0.3, 0.4) is 0 Å². The van der Waals surface area contributed by atoms with Gasteiger partial charge in [-0.3, -0.25) is 0 Å². The van der Waals surface area contributed by atoms with Gasteiger partial charge < -0.3 is 9.97 Å². The molecule has 0 saturated carbocycles. The van der Waals surface area contributed by atoms with Crippen LogP contribution in [0.25, 0.3) is 53.8 Å². The predicted octanol–water partition coefficient (Wildman–Crippen LogP) is 12.1. The molecular weight excluding hydrogens is 861 g/mol. The first kappa shape index (κ1) is 33.1. The van der Waals surface area contributed by atoms with Gasteiger partial charge in [0.1, 0.15) is 0 Å². The summed E-state index contributed by atoms with van der Waals surface area (Å²) in [5.74, 6) is 0. The molecule has 2 nitrogen and oxygen atoms in total. The standard InChI is InChI=1S/C31H32NSSi.C15H18NSi.Ir/c1-31(2,3)20-21-16-17-32-28(18-21)27-9-7-8-26-25-15-12-23(19-29(25)33-30(26)27)22-10-13-24(14-11-22)34(4,5)6;1-12-5-7-13(8-6-12)15-10-9-14(11-16-15)17(2,3)4;/h7-8,10-19H,20H2,1-6H3;5-7,9-11H,1-4H3;/q2*-1;/i20D2;1D3;. The van der Waals surface area contributed by atoms with Gasteiger partial charge in [0.25, 0.3) is 0 Å². The third-order valence-corrected chi connectivity index (χ3v) is 14.1. The maximum atomic E-state index is 8.71. The summed E-state index contributed by atoms with van der Waals surface area (Å²) >= 11 is 1.76. The fourth-order valence-corrected chi connectivity index (χ4v) is 9.38. The Hall–Kier alpha value is -3.52. The van der Waals surface area contributed by atoms with Gasteiger partial charge in [-0.2, -0.15) is 11.3 Å². The number of pyridine rings is 2. The van der Waals surface area contributed by atoms with Gasteiger partial charge in [-0.1, -0.05) is 138 Å². The van der Waals surface area contributed by atoms with E-state index in [1.165, 1.54) is 43.0 Å². The Bertz CT molecular complexity index is 2420. The maximum Gasteiger partial charge on any atom is 0.0795 e. The molecule has 1 radical (unpaired) electrons. The summed E-state index contributed by atoms with van der Waals surface area (Å²) in [6.07, 6.45) is 2.17. The largest absolute Gasteiger partial charge is 0.305 e. The molecule has 269 valence electrons. The van der Waals surface area contributed by atoms with Gasteiger partial charge in [0.05, 0.1) is 16.1 Å². The molecule has 0 aliphatic carbocycles. The first-order valence-corrected chi connectivity index (χ1v) is 25.3. The van der Waals surface area contributed by atoms with Gasteiger partial charge >= 0.3 is 0 Å². The van der Waals surface area contributed by atoms with Crippen molar-refractivity contribution in [3.8, 4) is 33.6 Å². The van der Waals surface area contributed by atoms with Crippen LogP contribution in [0.4, 0.5) is 0 Å². The zero-order valence-corrected chi connectivity index (χ0v) is 36.7. The van der Waals surface area contributed by atoms with E-state index < -0.39 is 34.8 Å². The van der Waals surface area contributed by atoms with Crippen molar-refractivity contribution in [3.63, 3.8) is 0 Å². The topological polar surface area (TPSA) is 25.8 Å². The normalized spacial score (nSPS) is 13.9. The van der Waals surface area contributed by atoms with Gasteiger partial charge in [0.2, 0.25) is 0 Å². The Labute approximate surface area is 338 Å². The zero-order valence-electron chi connectivity index (χ0n) is 36.5. The fourth-order valence-electron chi connectivity index (χ4n) is 5.93. The maximum absolute atomic E-state index is 8.71. The van der Waals surface area contributed by atoms with E-state index in [4.69, 9.17) is 6.85 Å². The summed E-state index contributed by atoms with van der Waals surface area (Å²) < 4.78 is 41.8. The van der Waals surface area contributed by atoms with Crippen LogP contribution >= 0.6 is 11.3 Å². The molecule has 3 aromatic heterocycles. The number of hydrogen-bond donors (Lipinski definition) is 0. The van der Waals surface area contributed by atoms with Gasteiger partial charge in [0, 0.05) is 44.1 Å².